The summed E-state index contributed by atoms with van der Waals surface area (Å²) in [7, 11) is 0. The number of amides is 1. The van der Waals surface area contributed by atoms with Gasteiger partial charge in [0, 0.05) is 32.8 Å². The van der Waals surface area contributed by atoms with Gasteiger partial charge in [0.25, 0.3) is 5.91 Å². The molecule has 0 atom stereocenters. The fraction of sp³-hybridized carbons (Fsp3) is 0.0333. The average molecular weight is 539 g/mol. The van der Waals surface area contributed by atoms with Crippen molar-refractivity contribution in [1.82, 2.24) is 10.4 Å². The Morgan fingerprint density at radius 3 is 2.55 bits per heavy atom. The van der Waals surface area contributed by atoms with Crippen molar-refractivity contribution in [3.63, 3.8) is 0 Å². The molecule has 0 unspecified atom stereocenters. The summed E-state index contributed by atoms with van der Waals surface area (Å²) in [4.78, 5) is 17.3. The zero-order chi connectivity index (χ0) is 26.2. The summed E-state index contributed by atoms with van der Waals surface area (Å²) < 4.78 is 5.94. The molecule has 0 saturated carbocycles. The molecule has 38 heavy (non-hydrogen) atoms. The molecule has 0 aliphatic heterocycles. The molecule has 1 heterocycles. The first kappa shape index (κ1) is 25.2. The minimum absolute atomic E-state index is 0.310. The number of ether oxygens (including phenoxy) is 1. The summed E-state index contributed by atoms with van der Waals surface area (Å²) >= 11 is 7.58. The number of aromatic nitrogens is 1. The van der Waals surface area contributed by atoms with Crippen molar-refractivity contribution in [3.05, 3.63) is 130 Å². The average Bonchev–Trinajstić information content (AvgIpc) is 3.41. The molecule has 188 valence electrons. The molecule has 6 nitrogen and oxygen atoms in total. The third-order valence-corrected chi connectivity index (χ3v) is 6.54. The molecule has 8 heteroatoms. The van der Waals surface area contributed by atoms with E-state index in [9.17, 15) is 4.79 Å². The second-order valence-electron chi connectivity index (χ2n) is 8.26. The number of para-hydroxylation sites is 2. The lowest BCUT2D eigenvalue weighted by Gasteiger charge is -2.09. The molecule has 1 amide bonds. The van der Waals surface area contributed by atoms with Crippen LogP contribution in [0.5, 0.6) is 5.75 Å². The molecule has 2 N–H and O–H groups in total. The Kier molecular flexibility index (Phi) is 8.08. The van der Waals surface area contributed by atoms with Crippen LogP contribution in [0.3, 0.4) is 0 Å². The number of hydrogen-bond donors (Lipinski definition) is 2. The van der Waals surface area contributed by atoms with E-state index in [4.69, 9.17) is 16.3 Å². The largest absolute Gasteiger partial charge is 0.488 e. The van der Waals surface area contributed by atoms with Crippen LogP contribution in [0.15, 0.2) is 114 Å². The fourth-order valence-electron chi connectivity index (χ4n) is 3.63. The van der Waals surface area contributed by atoms with Crippen LogP contribution in [0, 0.1) is 0 Å². The molecular weight excluding hydrogens is 516 g/mol. The normalized spacial score (nSPS) is 10.9. The number of halogens is 1. The highest BCUT2D eigenvalue weighted by atomic mass is 35.5. The third kappa shape index (κ3) is 6.64. The lowest BCUT2D eigenvalue weighted by molar-refractivity contribution is 0.0955. The smallest absolute Gasteiger partial charge is 0.271 e. The molecule has 4 aromatic carbocycles. The van der Waals surface area contributed by atoms with E-state index < -0.39 is 0 Å². The van der Waals surface area contributed by atoms with Gasteiger partial charge < -0.3 is 10.1 Å². The van der Waals surface area contributed by atoms with E-state index in [-0.39, 0.29) is 5.91 Å². The van der Waals surface area contributed by atoms with Crippen molar-refractivity contribution >= 4 is 45.9 Å². The van der Waals surface area contributed by atoms with Gasteiger partial charge in [0.1, 0.15) is 12.4 Å². The van der Waals surface area contributed by atoms with Gasteiger partial charge in [-0.3, -0.25) is 4.79 Å². The van der Waals surface area contributed by atoms with Gasteiger partial charge in [-0.25, -0.2) is 10.4 Å². The number of anilines is 2. The number of hydrogen-bond acceptors (Lipinski definition) is 6. The maximum atomic E-state index is 12.6. The minimum atomic E-state index is -0.310. The van der Waals surface area contributed by atoms with Crippen LogP contribution in [-0.2, 0) is 6.61 Å². The van der Waals surface area contributed by atoms with Crippen molar-refractivity contribution in [2.24, 2.45) is 5.10 Å². The Bertz CT molecular complexity index is 1550. The molecule has 0 aliphatic rings. The Morgan fingerprint density at radius 2 is 1.74 bits per heavy atom. The SMILES string of the molecule is O=C(N/N=C\c1ccccc1OCc1cccc(Cl)c1)c1ccc(-c2csc(Nc3ccccc3)n2)cc1. The number of thiazole rings is 1. The molecular formula is C30H23ClN4O2S. The van der Waals surface area contributed by atoms with Crippen LogP contribution < -0.4 is 15.5 Å². The van der Waals surface area contributed by atoms with Gasteiger partial charge in [0.15, 0.2) is 5.13 Å². The molecule has 5 rings (SSSR count). The van der Waals surface area contributed by atoms with Crippen LogP contribution in [0.4, 0.5) is 10.8 Å². The number of benzene rings is 4. The maximum Gasteiger partial charge on any atom is 0.271 e. The standard InChI is InChI=1S/C30H23ClN4O2S/c31-25-9-6-7-21(17-25)19-37-28-12-5-4-8-24(28)18-32-35-29(36)23-15-13-22(14-16-23)27-20-38-30(34-27)33-26-10-2-1-3-11-26/h1-18,20H,19H2,(H,33,34)(H,35,36)/b32-18-. The molecule has 0 radical (unpaired) electrons. The van der Waals surface area contributed by atoms with Crippen LogP contribution in [0.1, 0.15) is 21.5 Å². The Labute approximate surface area is 229 Å². The predicted molar refractivity (Wildman–Crippen MR) is 155 cm³/mol. The van der Waals surface area contributed by atoms with Gasteiger partial charge in [-0.2, -0.15) is 5.10 Å². The van der Waals surface area contributed by atoms with Gasteiger partial charge in [0.05, 0.1) is 11.9 Å². The second kappa shape index (κ2) is 12.2. The number of carbonyl (C=O) groups is 1. The lowest BCUT2D eigenvalue weighted by Crippen LogP contribution is -2.17. The highest BCUT2D eigenvalue weighted by Crippen LogP contribution is 2.27. The molecule has 0 bridgehead atoms. The molecule has 0 spiro atoms. The van der Waals surface area contributed by atoms with E-state index in [0.717, 1.165) is 33.2 Å². The zero-order valence-electron chi connectivity index (χ0n) is 20.2. The van der Waals surface area contributed by atoms with Crippen LogP contribution in [0.25, 0.3) is 11.3 Å². The number of rotatable bonds is 9. The van der Waals surface area contributed by atoms with E-state index in [1.165, 1.54) is 11.3 Å². The van der Waals surface area contributed by atoms with Gasteiger partial charge in [-0.15, -0.1) is 11.3 Å². The molecule has 1 aromatic heterocycles. The van der Waals surface area contributed by atoms with Crippen molar-refractivity contribution in [1.29, 1.82) is 0 Å². The summed E-state index contributed by atoms with van der Waals surface area (Å²) in [5.41, 5.74) is 7.53. The summed E-state index contributed by atoms with van der Waals surface area (Å²) in [6.45, 7) is 0.368. The van der Waals surface area contributed by atoms with Gasteiger partial charge in [0.2, 0.25) is 0 Å². The Morgan fingerprint density at radius 1 is 0.947 bits per heavy atom. The number of carbonyl (C=O) groups excluding carboxylic acids is 1. The third-order valence-electron chi connectivity index (χ3n) is 5.54. The molecule has 0 saturated heterocycles. The van der Waals surface area contributed by atoms with Gasteiger partial charge in [-0.1, -0.05) is 66.2 Å². The zero-order valence-corrected chi connectivity index (χ0v) is 21.7. The predicted octanol–water partition coefficient (Wildman–Crippen LogP) is 7.55. The van der Waals surface area contributed by atoms with Crippen LogP contribution >= 0.6 is 22.9 Å². The van der Waals surface area contributed by atoms with Gasteiger partial charge in [-0.05, 0) is 54.1 Å². The lowest BCUT2D eigenvalue weighted by atomic mass is 10.1. The topological polar surface area (TPSA) is 75.6 Å². The Balaban J connectivity index is 1.18. The fourth-order valence-corrected chi connectivity index (χ4v) is 4.59. The first-order valence-electron chi connectivity index (χ1n) is 11.8. The van der Waals surface area contributed by atoms with Crippen LogP contribution in [0.2, 0.25) is 5.02 Å². The van der Waals surface area contributed by atoms with Crippen molar-refractivity contribution in [2.45, 2.75) is 6.61 Å². The molecule has 0 aliphatic carbocycles. The van der Waals surface area contributed by atoms with Crippen LogP contribution in [-0.4, -0.2) is 17.1 Å². The second-order valence-corrected chi connectivity index (χ2v) is 9.56. The first-order valence-corrected chi connectivity index (χ1v) is 13.1. The number of nitrogens with zero attached hydrogens (tertiary/aromatic N) is 2. The summed E-state index contributed by atoms with van der Waals surface area (Å²) in [6, 6.07) is 32.2. The minimum Gasteiger partial charge on any atom is -0.488 e. The summed E-state index contributed by atoms with van der Waals surface area (Å²) in [5.74, 6) is 0.342. The monoisotopic (exact) mass is 538 g/mol. The van der Waals surface area contributed by atoms with Crippen molar-refractivity contribution in [2.75, 3.05) is 5.32 Å². The van der Waals surface area contributed by atoms with E-state index in [2.05, 4.69) is 20.8 Å². The van der Waals surface area contributed by atoms with Crippen molar-refractivity contribution in [3.8, 4) is 17.0 Å². The van der Waals surface area contributed by atoms with E-state index >= 15 is 0 Å². The first-order chi connectivity index (χ1) is 18.6. The van der Waals surface area contributed by atoms with E-state index in [1.54, 1.807) is 18.3 Å². The van der Waals surface area contributed by atoms with Crippen molar-refractivity contribution < 1.29 is 9.53 Å². The molecule has 5 aromatic rings. The summed E-state index contributed by atoms with van der Waals surface area (Å²) in [6.07, 6.45) is 1.57. The summed E-state index contributed by atoms with van der Waals surface area (Å²) in [5, 5.41) is 10.9. The van der Waals surface area contributed by atoms with E-state index in [1.807, 2.05) is 96.4 Å². The van der Waals surface area contributed by atoms with E-state index in [0.29, 0.717) is 22.9 Å². The quantitative estimate of drug-likeness (QED) is 0.150. The maximum absolute atomic E-state index is 12.6. The number of hydrazone groups is 1. The highest BCUT2D eigenvalue weighted by molar-refractivity contribution is 7.14. The Hall–Kier alpha value is -4.46. The molecule has 0 fully saturated rings. The highest BCUT2D eigenvalue weighted by Gasteiger charge is 2.09. The number of nitrogens with one attached hydrogen (secondary N) is 2. The van der Waals surface area contributed by atoms with Gasteiger partial charge >= 0.3 is 0 Å².